The Labute approximate surface area is 118 Å². The number of nitrogens with one attached hydrogen (secondary N) is 1. The summed E-state index contributed by atoms with van der Waals surface area (Å²) in [5.74, 6) is 0.712. The van der Waals surface area contributed by atoms with E-state index in [1.54, 1.807) is 0 Å². The molecule has 2 rings (SSSR count). The summed E-state index contributed by atoms with van der Waals surface area (Å²) in [6.45, 7) is 11.6. The van der Waals surface area contributed by atoms with E-state index in [1.807, 2.05) is 0 Å². The highest BCUT2D eigenvalue weighted by Crippen LogP contribution is 2.25. The first-order valence-electron chi connectivity index (χ1n) is 7.67. The molecule has 1 aliphatic rings. The highest BCUT2D eigenvalue weighted by atomic mass is 15.3. The zero-order valence-corrected chi connectivity index (χ0v) is 12.8. The minimum absolute atomic E-state index is 0.477. The van der Waals surface area contributed by atoms with Crippen molar-refractivity contribution in [3.8, 4) is 0 Å². The predicted octanol–water partition coefficient (Wildman–Crippen LogP) is 3.46. The van der Waals surface area contributed by atoms with Gasteiger partial charge in [-0.05, 0) is 24.8 Å². The van der Waals surface area contributed by atoms with Crippen LogP contribution in [-0.4, -0.2) is 30.1 Å². The van der Waals surface area contributed by atoms with E-state index in [4.69, 9.17) is 0 Å². The highest BCUT2D eigenvalue weighted by molar-refractivity contribution is 5.20. The number of piperazine rings is 1. The number of rotatable bonds is 4. The maximum Gasteiger partial charge on any atom is 0.0450 e. The molecule has 0 bridgehead atoms. The number of benzene rings is 1. The van der Waals surface area contributed by atoms with E-state index in [9.17, 15) is 0 Å². The Kier molecular flexibility index (Phi) is 5.00. The van der Waals surface area contributed by atoms with E-state index >= 15 is 0 Å². The molecule has 3 atom stereocenters. The van der Waals surface area contributed by atoms with Crippen LogP contribution in [0.1, 0.15) is 45.7 Å². The lowest BCUT2D eigenvalue weighted by molar-refractivity contribution is 0.0649. The summed E-state index contributed by atoms with van der Waals surface area (Å²) in [6.07, 6.45) is 1.23. The molecular weight excluding hydrogens is 232 g/mol. The van der Waals surface area contributed by atoms with E-state index < -0.39 is 0 Å². The summed E-state index contributed by atoms with van der Waals surface area (Å²) in [7, 11) is 0. The molecule has 0 amide bonds. The fraction of sp³-hybridized carbons (Fsp3) is 0.647. The van der Waals surface area contributed by atoms with Crippen molar-refractivity contribution in [2.75, 3.05) is 13.1 Å². The number of hydrogen-bond acceptors (Lipinski definition) is 2. The molecule has 1 aliphatic heterocycles. The van der Waals surface area contributed by atoms with Crippen LogP contribution in [0.5, 0.6) is 0 Å². The van der Waals surface area contributed by atoms with Gasteiger partial charge >= 0.3 is 0 Å². The normalized spacial score (nSPS) is 26.6. The quantitative estimate of drug-likeness (QED) is 0.892. The summed E-state index contributed by atoms with van der Waals surface area (Å²) in [4.78, 5) is 2.71. The van der Waals surface area contributed by atoms with E-state index in [2.05, 4.69) is 68.2 Å². The molecular formula is C17H28N2. The van der Waals surface area contributed by atoms with E-state index in [-0.39, 0.29) is 0 Å². The molecule has 2 heteroatoms. The molecule has 1 aromatic carbocycles. The number of hydrogen-bond donors (Lipinski definition) is 1. The Morgan fingerprint density at radius 2 is 1.89 bits per heavy atom. The Balaban J connectivity index is 2.11. The van der Waals surface area contributed by atoms with Crippen molar-refractivity contribution in [2.45, 2.75) is 52.2 Å². The second-order valence-electron chi connectivity index (χ2n) is 6.12. The Morgan fingerprint density at radius 1 is 1.21 bits per heavy atom. The van der Waals surface area contributed by atoms with Gasteiger partial charge in [0.1, 0.15) is 0 Å². The van der Waals surface area contributed by atoms with Gasteiger partial charge in [-0.15, -0.1) is 0 Å². The molecule has 1 saturated heterocycles. The van der Waals surface area contributed by atoms with Gasteiger partial charge in [0.15, 0.2) is 0 Å². The van der Waals surface area contributed by atoms with Crippen LogP contribution in [0, 0.1) is 5.92 Å². The lowest BCUT2D eigenvalue weighted by atomic mass is 9.95. The van der Waals surface area contributed by atoms with Gasteiger partial charge in [-0.3, -0.25) is 4.90 Å². The SMILES string of the molecule is CCC1CNC(c2ccccc2)CN1C(C)C(C)C. The second kappa shape index (κ2) is 6.53. The van der Waals surface area contributed by atoms with Crippen molar-refractivity contribution >= 4 is 0 Å². The first-order valence-corrected chi connectivity index (χ1v) is 7.67. The minimum Gasteiger partial charge on any atom is -0.307 e. The average Bonchev–Trinajstić information content (AvgIpc) is 2.46. The van der Waals surface area contributed by atoms with Gasteiger partial charge in [-0.25, -0.2) is 0 Å². The molecule has 2 nitrogen and oxygen atoms in total. The van der Waals surface area contributed by atoms with Crippen LogP contribution < -0.4 is 5.32 Å². The maximum absolute atomic E-state index is 3.72. The topological polar surface area (TPSA) is 15.3 Å². The van der Waals surface area contributed by atoms with Crippen molar-refractivity contribution in [2.24, 2.45) is 5.92 Å². The molecule has 1 N–H and O–H groups in total. The molecule has 1 aromatic rings. The van der Waals surface area contributed by atoms with E-state index in [0.29, 0.717) is 24.0 Å². The lowest BCUT2D eigenvalue weighted by Crippen LogP contribution is -2.56. The molecule has 0 radical (unpaired) electrons. The van der Waals surface area contributed by atoms with Gasteiger partial charge in [0.2, 0.25) is 0 Å². The summed E-state index contributed by atoms with van der Waals surface area (Å²) < 4.78 is 0. The van der Waals surface area contributed by atoms with Crippen LogP contribution in [0.3, 0.4) is 0 Å². The first-order chi connectivity index (χ1) is 9.13. The van der Waals surface area contributed by atoms with Crippen LogP contribution in [0.15, 0.2) is 30.3 Å². The molecule has 1 fully saturated rings. The molecule has 1 heterocycles. The fourth-order valence-electron chi connectivity index (χ4n) is 2.99. The molecule has 0 spiro atoms. The van der Waals surface area contributed by atoms with Gasteiger partial charge in [0, 0.05) is 31.2 Å². The standard InChI is InChI=1S/C17H28N2/c1-5-16-11-18-17(15-9-7-6-8-10-15)12-19(16)14(4)13(2)3/h6-10,13-14,16-18H,5,11-12H2,1-4H3. The lowest BCUT2D eigenvalue weighted by Gasteiger charge is -2.45. The summed E-state index contributed by atoms with van der Waals surface area (Å²) in [6, 6.07) is 12.7. The van der Waals surface area contributed by atoms with Crippen LogP contribution in [0.4, 0.5) is 0 Å². The largest absolute Gasteiger partial charge is 0.307 e. The van der Waals surface area contributed by atoms with E-state index in [1.165, 1.54) is 12.0 Å². The van der Waals surface area contributed by atoms with Crippen LogP contribution >= 0.6 is 0 Å². The smallest absolute Gasteiger partial charge is 0.0450 e. The van der Waals surface area contributed by atoms with Crippen LogP contribution in [0.25, 0.3) is 0 Å². The van der Waals surface area contributed by atoms with Gasteiger partial charge in [0.25, 0.3) is 0 Å². The third kappa shape index (κ3) is 3.37. The molecule has 106 valence electrons. The zero-order valence-electron chi connectivity index (χ0n) is 12.8. The fourth-order valence-corrected chi connectivity index (χ4v) is 2.99. The first kappa shape index (κ1) is 14.5. The molecule has 0 saturated carbocycles. The molecule has 0 aromatic heterocycles. The summed E-state index contributed by atoms with van der Waals surface area (Å²) in [5.41, 5.74) is 1.41. The summed E-state index contributed by atoms with van der Waals surface area (Å²) in [5, 5.41) is 3.72. The average molecular weight is 260 g/mol. The van der Waals surface area contributed by atoms with Gasteiger partial charge in [-0.1, -0.05) is 51.1 Å². The zero-order chi connectivity index (χ0) is 13.8. The minimum atomic E-state index is 0.477. The third-order valence-electron chi connectivity index (χ3n) is 4.62. The van der Waals surface area contributed by atoms with Crippen molar-refractivity contribution < 1.29 is 0 Å². The highest BCUT2D eigenvalue weighted by Gasteiger charge is 2.31. The van der Waals surface area contributed by atoms with Gasteiger partial charge in [-0.2, -0.15) is 0 Å². The Morgan fingerprint density at radius 3 is 2.47 bits per heavy atom. The van der Waals surface area contributed by atoms with Gasteiger partial charge in [0.05, 0.1) is 0 Å². The second-order valence-corrected chi connectivity index (χ2v) is 6.12. The summed E-state index contributed by atoms with van der Waals surface area (Å²) >= 11 is 0. The van der Waals surface area contributed by atoms with Crippen molar-refractivity contribution in [3.05, 3.63) is 35.9 Å². The molecule has 3 unspecified atom stereocenters. The van der Waals surface area contributed by atoms with E-state index in [0.717, 1.165) is 13.1 Å². The Bertz CT molecular complexity index is 372. The van der Waals surface area contributed by atoms with Gasteiger partial charge < -0.3 is 5.32 Å². The Hall–Kier alpha value is -0.860. The maximum atomic E-state index is 3.72. The molecule has 19 heavy (non-hydrogen) atoms. The van der Waals surface area contributed by atoms with Crippen molar-refractivity contribution in [1.82, 2.24) is 10.2 Å². The predicted molar refractivity (Wildman–Crippen MR) is 82.3 cm³/mol. The monoisotopic (exact) mass is 260 g/mol. The molecule has 0 aliphatic carbocycles. The van der Waals surface area contributed by atoms with Crippen LogP contribution in [-0.2, 0) is 0 Å². The third-order valence-corrected chi connectivity index (χ3v) is 4.62. The van der Waals surface area contributed by atoms with Crippen molar-refractivity contribution in [3.63, 3.8) is 0 Å². The van der Waals surface area contributed by atoms with Crippen LogP contribution in [0.2, 0.25) is 0 Å². The van der Waals surface area contributed by atoms with Crippen molar-refractivity contribution in [1.29, 1.82) is 0 Å². The number of nitrogens with zero attached hydrogens (tertiary/aromatic N) is 1.